The van der Waals surface area contributed by atoms with Crippen molar-refractivity contribution in [3.63, 3.8) is 0 Å². The zero-order valence-electron chi connectivity index (χ0n) is 26.0. The number of para-hydroxylation sites is 2. The van der Waals surface area contributed by atoms with E-state index in [1.54, 1.807) is 65.0 Å². The van der Waals surface area contributed by atoms with Crippen molar-refractivity contribution in [2.45, 2.75) is 71.6 Å². The fourth-order valence-electron chi connectivity index (χ4n) is 4.82. The molecule has 3 atom stereocenters. The first-order valence-corrected chi connectivity index (χ1v) is 14.5. The van der Waals surface area contributed by atoms with Gasteiger partial charge in [-0.05, 0) is 50.5 Å². The number of rotatable bonds is 13. The topological polar surface area (TPSA) is 153 Å². The summed E-state index contributed by atoms with van der Waals surface area (Å²) in [5.74, 6) is -4.26. The third-order valence-electron chi connectivity index (χ3n) is 7.00. The standard InChI is InChI=1S/C33H41N3O8/c1-20(2)24(31(40)41)17-28(37)25(16-21-19-36(6)27-15-11-10-14-23(21)27)34-30(39)26(18-29(38)44-33(3,4)5)35-32(42)43-22-12-8-7-9-13-22/h7-15,19-20,24-26H,16-18H2,1-6H3,(H,34,39)(H,35,42)(H,40,41)/t24-,25+,26+/m1/s1. The summed E-state index contributed by atoms with van der Waals surface area (Å²) in [7, 11) is 1.86. The second-order valence-corrected chi connectivity index (χ2v) is 12.1. The van der Waals surface area contributed by atoms with Crippen molar-refractivity contribution in [1.29, 1.82) is 0 Å². The smallest absolute Gasteiger partial charge is 0.413 e. The maximum atomic E-state index is 13.7. The van der Waals surface area contributed by atoms with Crippen LogP contribution >= 0.6 is 0 Å². The molecule has 3 rings (SSSR count). The Labute approximate surface area is 256 Å². The highest BCUT2D eigenvalue weighted by molar-refractivity contribution is 5.96. The highest BCUT2D eigenvalue weighted by Gasteiger charge is 2.34. The average molecular weight is 608 g/mol. The van der Waals surface area contributed by atoms with E-state index in [9.17, 15) is 29.1 Å². The van der Waals surface area contributed by atoms with E-state index in [1.807, 2.05) is 42.1 Å². The van der Waals surface area contributed by atoms with E-state index in [1.165, 1.54) is 0 Å². The van der Waals surface area contributed by atoms with Crippen LogP contribution in [0, 0.1) is 11.8 Å². The number of Topliss-reactive ketones (excluding diaryl/α,β-unsaturated/α-hetero) is 1. The van der Waals surface area contributed by atoms with Gasteiger partial charge in [-0.1, -0.05) is 50.2 Å². The number of nitrogens with one attached hydrogen (secondary N) is 2. The van der Waals surface area contributed by atoms with Gasteiger partial charge in [0.15, 0.2) is 5.78 Å². The van der Waals surface area contributed by atoms with E-state index in [2.05, 4.69) is 10.6 Å². The van der Waals surface area contributed by atoms with Crippen LogP contribution in [0.2, 0.25) is 0 Å². The zero-order chi connectivity index (χ0) is 32.6. The summed E-state index contributed by atoms with van der Waals surface area (Å²) in [6.45, 7) is 8.43. The zero-order valence-corrected chi connectivity index (χ0v) is 26.0. The van der Waals surface area contributed by atoms with E-state index in [4.69, 9.17) is 9.47 Å². The Bertz CT molecular complexity index is 1490. The highest BCUT2D eigenvalue weighted by Crippen LogP contribution is 2.24. The molecular formula is C33H41N3O8. The molecule has 0 spiro atoms. The lowest BCUT2D eigenvalue weighted by Gasteiger charge is -2.25. The van der Waals surface area contributed by atoms with Crippen LogP contribution in [0.5, 0.6) is 5.75 Å². The largest absolute Gasteiger partial charge is 0.481 e. The Morgan fingerprint density at radius 1 is 0.886 bits per heavy atom. The molecule has 2 amide bonds. The molecule has 11 nitrogen and oxygen atoms in total. The van der Waals surface area contributed by atoms with Gasteiger partial charge in [-0.15, -0.1) is 0 Å². The lowest BCUT2D eigenvalue weighted by atomic mass is 9.87. The Hall–Kier alpha value is -4.67. The number of carboxylic acids is 1. The highest BCUT2D eigenvalue weighted by atomic mass is 16.6. The van der Waals surface area contributed by atoms with Crippen molar-refractivity contribution in [1.82, 2.24) is 15.2 Å². The van der Waals surface area contributed by atoms with Crippen molar-refractivity contribution in [2.24, 2.45) is 18.9 Å². The lowest BCUT2D eigenvalue weighted by Crippen LogP contribution is -2.54. The van der Waals surface area contributed by atoms with Crippen molar-refractivity contribution >= 4 is 40.6 Å². The van der Waals surface area contributed by atoms with Crippen LogP contribution < -0.4 is 15.4 Å². The summed E-state index contributed by atoms with van der Waals surface area (Å²) in [4.78, 5) is 64.8. The number of ketones is 1. The summed E-state index contributed by atoms with van der Waals surface area (Å²) in [5.41, 5.74) is 0.829. The maximum Gasteiger partial charge on any atom is 0.413 e. The van der Waals surface area contributed by atoms with Crippen LogP contribution in [0.1, 0.15) is 53.0 Å². The molecule has 3 aromatic rings. The van der Waals surface area contributed by atoms with Crippen LogP contribution in [-0.2, 0) is 37.4 Å². The lowest BCUT2D eigenvalue weighted by molar-refractivity contribution is -0.156. The van der Waals surface area contributed by atoms with Gasteiger partial charge in [0.05, 0.1) is 18.4 Å². The van der Waals surface area contributed by atoms with E-state index in [0.29, 0.717) is 0 Å². The molecule has 1 heterocycles. The number of nitrogens with zero attached hydrogens (tertiary/aromatic N) is 1. The third kappa shape index (κ3) is 9.68. The second-order valence-electron chi connectivity index (χ2n) is 12.1. The Kier molecular flexibility index (Phi) is 11.3. The Morgan fingerprint density at radius 3 is 2.14 bits per heavy atom. The van der Waals surface area contributed by atoms with Gasteiger partial charge in [-0.2, -0.15) is 0 Å². The predicted octanol–water partition coefficient (Wildman–Crippen LogP) is 4.41. The van der Waals surface area contributed by atoms with Crippen LogP contribution in [-0.4, -0.2) is 57.1 Å². The van der Waals surface area contributed by atoms with Crippen molar-refractivity contribution < 1.29 is 38.6 Å². The normalized spacial score (nSPS) is 13.5. The quantitative estimate of drug-likeness (QED) is 0.242. The fraction of sp³-hybridized carbons (Fsp3) is 0.424. The van der Waals surface area contributed by atoms with Gasteiger partial charge in [-0.3, -0.25) is 19.2 Å². The van der Waals surface area contributed by atoms with Gasteiger partial charge in [0.2, 0.25) is 5.91 Å². The number of esters is 1. The van der Waals surface area contributed by atoms with Gasteiger partial charge in [-0.25, -0.2) is 4.79 Å². The molecule has 1 aromatic heterocycles. The number of hydrogen-bond donors (Lipinski definition) is 3. The second kappa shape index (κ2) is 14.7. The number of carbonyl (C=O) groups excluding carboxylic acids is 4. The van der Waals surface area contributed by atoms with Gasteiger partial charge < -0.3 is 29.8 Å². The molecule has 3 N–H and O–H groups in total. The van der Waals surface area contributed by atoms with Crippen molar-refractivity contribution in [3.05, 3.63) is 66.4 Å². The van der Waals surface area contributed by atoms with Gasteiger partial charge >= 0.3 is 18.0 Å². The number of amides is 2. The number of fused-ring (bicyclic) bond motifs is 1. The molecule has 0 aliphatic carbocycles. The Balaban J connectivity index is 1.91. The van der Waals surface area contributed by atoms with E-state index < -0.39 is 59.7 Å². The molecular weight excluding hydrogens is 566 g/mol. The predicted molar refractivity (Wildman–Crippen MR) is 164 cm³/mol. The van der Waals surface area contributed by atoms with Crippen LogP contribution in [0.25, 0.3) is 10.9 Å². The van der Waals surface area contributed by atoms with Crippen molar-refractivity contribution in [3.8, 4) is 5.75 Å². The molecule has 0 radical (unpaired) electrons. The molecule has 0 saturated carbocycles. The summed E-state index contributed by atoms with van der Waals surface area (Å²) in [6.07, 6.45) is 0.0725. The monoisotopic (exact) mass is 607 g/mol. The SMILES string of the molecule is CC(C)[C@@H](CC(=O)[C@H](Cc1cn(C)c2ccccc12)NC(=O)[C@H](CC(=O)OC(C)(C)C)NC(=O)Oc1ccccc1)C(=O)O. The minimum atomic E-state index is -1.45. The maximum absolute atomic E-state index is 13.7. The number of carboxylic acid groups (broad SMARTS) is 1. The number of carbonyl (C=O) groups is 5. The third-order valence-corrected chi connectivity index (χ3v) is 7.00. The molecule has 0 unspecified atom stereocenters. The minimum absolute atomic E-state index is 0.0595. The summed E-state index contributed by atoms with van der Waals surface area (Å²) < 4.78 is 12.5. The first kappa shape index (κ1) is 33.8. The summed E-state index contributed by atoms with van der Waals surface area (Å²) in [6, 6.07) is 13.1. The summed E-state index contributed by atoms with van der Waals surface area (Å²) >= 11 is 0. The Morgan fingerprint density at radius 2 is 1.52 bits per heavy atom. The number of benzene rings is 2. The van der Waals surface area contributed by atoms with Gasteiger partial charge in [0, 0.05) is 37.0 Å². The molecule has 236 valence electrons. The molecule has 0 aliphatic rings. The first-order chi connectivity index (χ1) is 20.6. The summed E-state index contributed by atoms with van der Waals surface area (Å²) in [5, 5.41) is 15.7. The van der Waals surface area contributed by atoms with Gasteiger partial charge in [0.1, 0.15) is 17.4 Å². The number of aryl methyl sites for hydroxylation is 1. The van der Waals surface area contributed by atoms with Crippen LogP contribution in [0.4, 0.5) is 4.79 Å². The average Bonchev–Trinajstić information content (AvgIpc) is 3.24. The van der Waals surface area contributed by atoms with E-state index in [-0.39, 0.29) is 24.5 Å². The number of hydrogen-bond acceptors (Lipinski definition) is 7. The van der Waals surface area contributed by atoms with Gasteiger partial charge in [0.25, 0.3) is 0 Å². The molecule has 11 heteroatoms. The number of aromatic nitrogens is 1. The minimum Gasteiger partial charge on any atom is -0.481 e. The number of aliphatic carboxylic acids is 1. The molecule has 0 fully saturated rings. The van der Waals surface area contributed by atoms with Crippen molar-refractivity contribution in [2.75, 3.05) is 0 Å². The van der Waals surface area contributed by atoms with E-state index in [0.717, 1.165) is 16.5 Å². The molecule has 44 heavy (non-hydrogen) atoms. The molecule has 0 saturated heterocycles. The van der Waals surface area contributed by atoms with Crippen LogP contribution in [0.15, 0.2) is 60.8 Å². The molecule has 0 bridgehead atoms. The van der Waals surface area contributed by atoms with E-state index >= 15 is 0 Å². The molecule has 0 aliphatic heterocycles. The van der Waals surface area contributed by atoms with Crippen LogP contribution in [0.3, 0.4) is 0 Å². The fourth-order valence-corrected chi connectivity index (χ4v) is 4.82. The molecule has 2 aromatic carbocycles. The first-order valence-electron chi connectivity index (χ1n) is 14.5. The number of ether oxygens (including phenoxy) is 2.